The average Bonchev–Trinajstić information content (AvgIpc) is 2.67. The Hall–Kier alpha value is -0.860. The van der Waals surface area contributed by atoms with Crippen LogP contribution in [0.3, 0.4) is 0 Å². The lowest BCUT2D eigenvalue weighted by Crippen LogP contribution is -2.44. The lowest BCUT2D eigenvalue weighted by atomic mass is 9.85. The van der Waals surface area contributed by atoms with E-state index in [-0.39, 0.29) is 36.5 Å². The van der Waals surface area contributed by atoms with Crippen LogP contribution in [0.5, 0.6) is 0 Å². The zero-order chi connectivity index (χ0) is 22.1. The second-order valence-corrected chi connectivity index (χ2v) is 11.0. The molecule has 1 amide bonds. The van der Waals surface area contributed by atoms with Crippen molar-refractivity contribution in [3.63, 3.8) is 0 Å². The number of amides is 1. The lowest BCUT2D eigenvalue weighted by Gasteiger charge is -2.25. The zero-order valence-corrected chi connectivity index (χ0v) is 22.0. The third kappa shape index (κ3) is 11.3. The number of carbonyl (C=O) groups excluding carboxylic acids is 1. The highest BCUT2D eigenvalue weighted by molar-refractivity contribution is 7.89. The first-order valence-electron chi connectivity index (χ1n) is 11.3. The standard InChI is InChI=1S/C23H39N3O3S.2ClH/c1-17(2)13-22(24)23(27)26-30(28,29)16-21-12-8-7-11-20(21)15-25-18(3)14-19-9-5-4-6-10-19;;/h7-8,11-12,17-19,22,25H,4-6,9-10,13-16,24H2,1-3H3,(H,26,27);2*1H. The van der Waals surface area contributed by atoms with E-state index in [1.807, 2.05) is 32.0 Å². The van der Waals surface area contributed by atoms with E-state index >= 15 is 0 Å². The molecule has 0 saturated heterocycles. The molecule has 1 aromatic carbocycles. The molecule has 0 heterocycles. The number of carbonyl (C=O) groups is 1. The number of hydrogen-bond donors (Lipinski definition) is 3. The zero-order valence-electron chi connectivity index (χ0n) is 19.5. The van der Waals surface area contributed by atoms with Gasteiger partial charge in [-0.25, -0.2) is 8.42 Å². The topological polar surface area (TPSA) is 101 Å². The van der Waals surface area contributed by atoms with Gasteiger partial charge in [-0.3, -0.25) is 9.52 Å². The molecule has 0 radical (unpaired) electrons. The van der Waals surface area contributed by atoms with Gasteiger partial charge in [0.2, 0.25) is 15.9 Å². The first kappa shape index (κ1) is 31.1. The van der Waals surface area contributed by atoms with Crippen molar-refractivity contribution in [2.24, 2.45) is 17.6 Å². The van der Waals surface area contributed by atoms with Crippen LogP contribution in [0.2, 0.25) is 0 Å². The summed E-state index contributed by atoms with van der Waals surface area (Å²) in [6.45, 7) is 6.70. The van der Waals surface area contributed by atoms with E-state index in [1.54, 1.807) is 6.07 Å². The van der Waals surface area contributed by atoms with Gasteiger partial charge in [-0.15, -0.1) is 24.8 Å². The van der Waals surface area contributed by atoms with Crippen molar-refractivity contribution < 1.29 is 13.2 Å². The SMILES string of the molecule is CC(C)CC(N)C(=O)NS(=O)(=O)Cc1ccccc1CNC(C)CC1CCCCC1.Cl.Cl. The Bertz CT molecular complexity index is 784. The number of rotatable bonds is 11. The molecule has 1 saturated carbocycles. The molecule has 9 heteroatoms. The van der Waals surface area contributed by atoms with Crippen molar-refractivity contribution >= 4 is 40.7 Å². The van der Waals surface area contributed by atoms with Gasteiger partial charge in [0.1, 0.15) is 0 Å². The second kappa shape index (κ2) is 15.1. The second-order valence-electron chi connectivity index (χ2n) is 9.25. The summed E-state index contributed by atoms with van der Waals surface area (Å²) in [5.41, 5.74) is 7.46. The smallest absolute Gasteiger partial charge is 0.250 e. The van der Waals surface area contributed by atoms with E-state index < -0.39 is 22.0 Å². The van der Waals surface area contributed by atoms with Crippen LogP contribution in [0, 0.1) is 11.8 Å². The maximum atomic E-state index is 12.5. The van der Waals surface area contributed by atoms with Crippen LogP contribution < -0.4 is 15.8 Å². The van der Waals surface area contributed by atoms with Crippen LogP contribution in [-0.2, 0) is 27.1 Å². The summed E-state index contributed by atoms with van der Waals surface area (Å²) in [4.78, 5) is 12.1. The highest BCUT2D eigenvalue weighted by Gasteiger charge is 2.22. The molecular weight excluding hydrogens is 469 g/mol. The molecule has 186 valence electrons. The molecule has 1 aliphatic carbocycles. The maximum absolute atomic E-state index is 12.5. The van der Waals surface area contributed by atoms with Crippen molar-refractivity contribution in [3.8, 4) is 0 Å². The van der Waals surface area contributed by atoms with Gasteiger partial charge in [0.05, 0.1) is 11.8 Å². The molecule has 0 aliphatic heterocycles. The number of nitrogens with two attached hydrogens (primary N) is 1. The van der Waals surface area contributed by atoms with Gasteiger partial charge in [0, 0.05) is 12.6 Å². The summed E-state index contributed by atoms with van der Waals surface area (Å²) in [7, 11) is -3.81. The molecule has 0 bridgehead atoms. The first-order valence-corrected chi connectivity index (χ1v) is 12.9. The minimum absolute atomic E-state index is 0. The summed E-state index contributed by atoms with van der Waals surface area (Å²) in [6, 6.07) is 7.05. The quantitative estimate of drug-likeness (QED) is 0.412. The molecule has 0 aromatic heterocycles. The first-order chi connectivity index (χ1) is 14.2. The van der Waals surface area contributed by atoms with Crippen molar-refractivity contribution in [3.05, 3.63) is 35.4 Å². The maximum Gasteiger partial charge on any atom is 0.250 e. The minimum Gasteiger partial charge on any atom is -0.320 e. The molecule has 2 atom stereocenters. The molecule has 2 rings (SSSR count). The molecule has 32 heavy (non-hydrogen) atoms. The van der Waals surface area contributed by atoms with E-state index in [1.165, 1.54) is 32.1 Å². The highest BCUT2D eigenvalue weighted by atomic mass is 35.5. The van der Waals surface area contributed by atoms with E-state index in [9.17, 15) is 13.2 Å². The molecule has 1 aliphatic rings. The summed E-state index contributed by atoms with van der Waals surface area (Å²) in [6.07, 6.45) is 8.28. The fraction of sp³-hybridized carbons (Fsp3) is 0.696. The molecule has 6 nitrogen and oxygen atoms in total. The normalized spacial score (nSPS) is 16.5. The molecular formula is C23H41Cl2N3O3S. The van der Waals surface area contributed by atoms with Gasteiger partial charge in [-0.05, 0) is 42.7 Å². The monoisotopic (exact) mass is 509 g/mol. The fourth-order valence-electron chi connectivity index (χ4n) is 4.25. The third-order valence-corrected chi connectivity index (χ3v) is 7.04. The average molecular weight is 511 g/mol. The largest absolute Gasteiger partial charge is 0.320 e. The van der Waals surface area contributed by atoms with Crippen LogP contribution in [0.4, 0.5) is 0 Å². The van der Waals surface area contributed by atoms with Crippen molar-refractivity contribution in [1.29, 1.82) is 0 Å². The van der Waals surface area contributed by atoms with Gasteiger partial charge < -0.3 is 11.1 Å². The predicted molar refractivity (Wildman–Crippen MR) is 137 cm³/mol. The number of benzene rings is 1. The van der Waals surface area contributed by atoms with E-state index in [0.717, 1.165) is 17.9 Å². The molecule has 4 N–H and O–H groups in total. The number of sulfonamides is 1. The molecule has 0 spiro atoms. The predicted octanol–water partition coefficient (Wildman–Crippen LogP) is 4.30. The molecule has 2 unspecified atom stereocenters. The van der Waals surface area contributed by atoms with Gasteiger partial charge >= 0.3 is 0 Å². The lowest BCUT2D eigenvalue weighted by molar-refractivity contribution is -0.120. The van der Waals surface area contributed by atoms with Gasteiger partial charge in [0.25, 0.3) is 0 Å². The molecule has 1 fully saturated rings. The van der Waals surface area contributed by atoms with Crippen LogP contribution in [0.15, 0.2) is 24.3 Å². The Labute approximate surface area is 206 Å². The van der Waals surface area contributed by atoms with Crippen LogP contribution >= 0.6 is 24.8 Å². The van der Waals surface area contributed by atoms with Crippen molar-refractivity contribution in [2.45, 2.75) is 90.1 Å². The highest BCUT2D eigenvalue weighted by Crippen LogP contribution is 2.27. The number of hydrogen-bond acceptors (Lipinski definition) is 5. The summed E-state index contributed by atoms with van der Waals surface area (Å²) >= 11 is 0. The van der Waals surface area contributed by atoms with E-state index in [2.05, 4.69) is 17.0 Å². The van der Waals surface area contributed by atoms with Gasteiger partial charge in [-0.2, -0.15) is 0 Å². The fourth-order valence-corrected chi connectivity index (χ4v) is 5.47. The van der Waals surface area contributed by atoms with E-state index in [4.69, 9.17) is 5.73 Å². The van der Waals surface area contributed by atoms with Crippen molar-refractivity contribution in [1.82, 2.24) is 10.0 Å². The Morgan fingerprint density at radius 1 is 1.06 bits per heavy atom. The van der Waals surface area contributed by atoms with Gasteiger partial charge in [-0.1, -0.05) is 70.2 Å². The van der Waals surface area contributed by atoms with Gasteiger partial charge in [0.15, 0.2) is 0 Å². The van der Waals surface area contributed by atoms with Crippen molar-refractivity contribution in [2.75, 3.05) is 0 Å². The third-order valence-electron chi connectivity index (χ3n) is 5.83. The Balaban J connectivity index is 0.00000480. The van der Waals surface area contributed by atoms with Crippen LogP contribution in [0.1, 0.15) is 76.8 Å². The van der Waals surface area contributed by atoms with E-state index in [0.29, 0.717) is 24.6 Å². The Kier molecular flexibility index (Phi) is 14.7. The summed E-state index contributed by atoms with van der Waals surface area (Å²) in [5, 5.41) is 3.55. The summed E-state index contributed by atoms with van der Waals surface area (Å²) < 4.78 is 27.2. The summed E-state index contributed by atoms with van der Waals surface area (Å²) in [5.74, 6) is 0.139. The van der Waals surface area contributed by atoms with Crippen LogP contribution in [0.25, 0.3) is 0 Å². The minimum atomic E-state index is -3.81. The number of nitrogens with one attached hydrogen (secondary N) is 2. The number of halogens is 2. The Morgan fingerprint density at radius 3 is 2.25 bits per heavy atom. The Morgan fingerprint density at radius 2 is 1.66 bits per heavy atom. The van der Waals surface area contributed by atoms with Crippen LogP contribution in [-0.4, -0.2) is 26.4 Å². The molecule has 1 aromatic rings.